The van der Waals surface area contributed by atoms with Crippen molar-refractivity contribution in [1.29, 1.82) is 0 Å². The van der Waals surface area contributed by atoms with Gasteiger partial charge in [0.15, 0.2) is 5.82 Å². The lowest BCUT2D eigenvalue weighted by Crippen LogP contribution is -2.02. The molecule has 0 saturated carbocycles. The third-order valence-corrected chi connectivity index (χ3v) is 2.77. The summed E-state index contributed by atoms with van der Waals surface area (Å²) in [5, 5.41) is 23.0. The summed E-state index contributed by atoms with van der Waals surface area (Å²) in [6.07, 6.45) is 2.87. The molecule has 2 N–H and O–H groups in total. The Bertz CT molecular complexity index is 438. The molecule has 5 nitrogen and oxygen atoms in total. The van der Waals surface area contributed by atoms with E-state index in [1.54, 1.807) is 12.1 Å². The number of hydrogen-bond acceptors (Lipinski definition) is 4. The Balaban J connectivity index is 1.80. The number of aromatic hydroxyl groups is 1. The second-order valence-corrected chi connectivity index (χ2v) is 4.34. The summed E-state index contributed by atoms with van der Waals surface area (Å²) >= 11 is 0. The summed E-state index contributed by atoms with van der Waals surface area (Å²) < 4.78 is 0. The Hall–Kier alpha value is -1.91. The van der Waals surface area contributed by atoms with Crippen LogP contribution in [0.4, 0.5) is 0 Å². The topological polar surface area (TPSA) is 74.7 Å². The first-order valence-corrected chi connectivity index (χ1v) is 5.74. The predicted octanol–water partition coefficient (Wildman–Crippen LogP) is 1.72. The molecular formula is C12H16N4O. The van der Waals surface area contributed by atoms with E-state index >= 15 is 0 Å². The molecule has 5 heteroatoms. The van der Waals surface area contributed by atoms with Crippen LogP contribution in [-0.2, 0) is 12.8 Å². The van der Waals surface area contributed by atoms with Crippen LogP contribution >= 0.6 is 0 Å². The van der Waals surface area contributed by atoms with E-state index in [1.807, 2.05) is 12.1 Å². The van der Waals surface area contributed by atoms with Gasteiger partial charge in [-0.3, -0.25) is 0 Å². The smallest absolute Gasteiger partial charge is 0.174 e. The largest absolute Gasteiger partial charge is 0.508 e. The molecule has 2 aromatic rings. The van der Waals surface area contributed by atoms with Gasteiger partial charge < -0.3 is 5.11 Å². The van der Waals surface area contributed by atoms with E-state index in [-0.39, 0.29) is 0 Å². The van der Waals surface area contributed by atoms with Crippen molar-refractivity contribution in [2.24, 2.45) is 5.92 Å². The minimum absolute atomic E-state index is 0.313. The summed E-state index contributed by atoms with van der Waals surface area (Å²) in [6.45, 7) is 2.20. The molecule has 0 amide bonds. The Morgan fingerprint density at radius 1 is 1.29 bits per heavy atom. The maximum Gasteiger partial charge on any atom is 0.174 e. The fourth-order valence-electron chi connectivity index (χ4n) is 1.80. The van der Waals surface area contributed by atoms with Gasteiger partial charge in [0, 0.05) is 6.42 Å². The minimum atomic E-state index is 0.313. The Labute approximate surface area is 99.9 Å². The Morgan fingerprint density at radius 2 is 2.06 bits per heavy atom. The molecule has 1 heterocycles. The molecule has 0 saturated heterocycles. The normalized spacial score (nSPS) is 12.5. The monoisotopic (exact) mass is 232 g/mol. The Morgan fingerprint density at radius 3 is 2.71 bits per heavy atom. The van der Waals surface area contributed by atoms with Crippen molar-refractivity contribution < 1.29 is 5.11 Å². The van der Waals surface area contributed by atoms with Crippen molar-refractivity contribution >= 4 is 0 Å². The zero-order chi connectivity index (χ0) is 12.1. The number of aromatic nitrogens is 4. The fraction of sp³-hybridized carbons (Fsp3) is 0.417. The van der Waals surface area contributed by atoms with Crippen LogP contribution in [0.5, 0.6) is 5.75 Å². The van der Waals surface area contributed by atoms with E-state index in [1.165, 1.54) is 5.56 Å². The van der Waals surface area contributed by atoms with Crippen LogP contribution in [0.3, 0.4) is 0 Å². The van der Waals surface area contributed by atoms with Gasteiger partial charge in [-0.25, -0.2) is 0 Å². The van der Waals surface area contributed by atoms with Crippen molar-refractivity contribution in [3.8, 4) is 5.75 Å². The highest BCUT2D eigenvalue weighted by molar-refractivity contribution is 5.26. The second kappa shape index (κ2) is 5.43. The van der Waals surface area contributed by atoms with Crippen molar-refractivity contribution in [2.45, 2.75) is 26.2 Å². The summed E-state index contributed by atoms with van der Waals surface area (Å²) in [7, 11) is 0. The first kappa shape index (κ1) is 11.6. The van der Waals surface area contributed by atoms with Crippen LogP contribution in [0.25, 0.3) is 0 Å². The highest BCUT2D eigenvalue weighted by Crippen LogP contribution is 2.16. The average molecular weight is 232 g/mol. The lowest BCUT2D eigenvalue weighted by atomic mass is 9.96. The Kier molecular flexibility index (Phi) is 3.69. The van der Waals surface area contributed by atoms with E-state index in [0.29, 0.717) is 11.7 Å². The van der Waals surface area contributed by atoms with Crippen LogP contribution in [-0.4, -0.2) is 25.7 Å². The number of benzene rings is 1. The molecule has 2 rings (SSSR count). The number of nitrogens with zero attached hydrogens (tertiary/aromatic N) is 3. The third kappa shape index (κ3) is 3.55. The summed E-state index contributed by atoms with van der Waals surface area (Å²) in [5.41, 5.74) is 1.24. The van der Waals surface area contributed by atoms with Gasteiger partial charge in [-0.1, -0.05) is 24.3 Å². The number of phenols is 1. The molecule has 1 atom stereocenters. The van der Waals surface area contributed by atoms with Crippen LogP contribution in [0.15, 0.2) is 24.3 Å². The maximum atomic E-state index is 9.19. The zero-order valence-corrected chi connectivity index (χ0v) is 9.80. The minimum Gasteiger partial charge on any atom is -0.508 e. The summed E-state index contributed by atoms with van der Waals surface area (Å²) in [4.78, 5) is 0. The molecule has 0 aliphatic carbocycles. The number of hydrogen-bond donors (Lipinski definition) is 2. The van der Waals surface area contributed by atoms with Gasteiger partial charge in [0.2, 0.25) is 0 Å². The number of aromatic amines is 1. The predicted molar refractivity (Wildman–Crippen MR) is 63.5 cm³/mol. The average Bonchev–Trinajstić information content (AvgIpc) is 2.83. The van der Waals surface area contributed by atoms with Gasteiger partial charge in [-0.2, -0.15) is 5.21 Å². The molecule has 0 fully saturated rings. The van der Waals surface area contributed by atoms with Crippen LogP contribution < -0.4 is 0 Å². The quantitative estimate of drug-likeness (QED) is 0.823. The molecule has 90 valence electrons. The molecule has 1 aromatic carbocycles. The van der Waals surface area contributed by atoms with Gasteiger partial charge in [0.25, 0.3) is 0 Å². The van der Waals surface area contributed by atoms with Gasteiger partial charge >= 0.3 is 0 Å². The third-order valence-electron chi connectivity index (χ3n) is 2.77. The molecule has 0 radical (unpaired) electrons. The van der Waals surface area contributed by atoms with E-state index in [2.05, 4.69) is 27.5 Å². The molecule has 1 aromatic heterocycles. The highest BCUT2D eigenvalue weighted by atomic mass is 16.3. The first-order valence-electron chi connectivity index (χ1n) is 5.74. The SMILES string of the molecule is CC(CCc1nn[nH]n1)Cc1ccc(O)cc1. The van der Waals surface area contributed by atoms with Crippen molar-refractivity contribution in [2.75, 3.05) is 0 Å². The zero-order valence-electron chi connectivity index (χ0n) is 9.80. The van der Waals surface area contributed by atoms with Gasteiger partial charge in [-0.05, 0) is 36.5 Å². The van der Waals surface area contributed by atoms with Crippen molar-refractivity contribution in [3.05, 3.63) is 35.7 Å². The number of rotatable bonds is 5. The van der Waals surface area contributed by atoms with Crippen LogP contribution in [0.2, 0.25) is 0 Å². The van der Waals surface area contributed by atoms with Crippen molar-refractivity contribution in [1.82, 2.24) is 20.6 Å². The van der Waals surface area contributed by atoms with Gasteiger partial charge in [0.05, 0.1) is 0 Å². The molecule has 0 spiro atoms. The second-order valence-electron chi connectivity index (χ2n) is 4.34. The number of aryl methyl sites for hydroxylation is 1. The number of phenolic OH excluding ortho intramolecular Hbond substituents is 1. The van der Waals surface area contributed by atoms with Gasteiger partial charge in [0.1, 0.15) is 5.75 Å². The number of nitrogens with one attached hydrogen (secondary N) is 1. The summed E-state index contributed by atoms with van der Waals surface area (Å²) in [6, 6.07) is 7.36. The molecule has 17 heavy (non-hydrogen) atoms. The molecular weight excluding hydrogens is 216 g/mol. The standard InChI is InChI=1S/C12H16N4O/c1-9(2-7-12-13-15-16-14-12)8-10-3-5-11(17)6-4-10/h3-6,9,17H,2,7-8H2,1H3,(H,13,14,15,16). The molecule has 1 unspecified atom stereocenters. The summed E-state index contributed by atoms with van der Waals surface area (Å²) in [5.74, 6) is 1.63. The number of tetrazole rings is 1. The first-order chi connectivity index (χ1) is 8.24. The fourth-order valence-corrected chi connectivity index (χ4v) is 1.80. The molecule has 0 aliphatic heterocycles. The highest BCUT2D eigenvalue weighted by Gasteiger charge is 2.06. The lowest BCUT2D eigenvalue weighted by Gasteiger charge is -2.09. The lowest BCUT2D eigenvalue weighted by molar-refractivity contribution is 0.474. The van der Waals surface area contributed by atoms with E-state index in [4.69, 9.17) is 0 Å². The molecule has 0 aliphatic rings. The molecule has 0 bridgehead atoms. The van der Waals surface area contributed by atoms with Crippen LogP contribution in [0, 0.1) is 5.92 Å². The maximum absolute atomic E-state index is 9.19. The van der Waals surface area contributed by atoms with Crippen molar-refractivity contribution in [3.63, 3.8) is 0 Å². The van der Waals surface area contributed by atoms with Crippen LogP contribution in [0.1, 0.15) is 24.7 Å². The van der Waals surface area contributed by atoms with E-state index in [9.17, 15) is 5.11 Å². The van der Waals surface area contributed by atoms with E-state index < -0.39 is 0 Å². The van der Waals surface area contributed by atoms with Gasteiger partial charge in [-0.15, -0.1) is 10.2 Å². The van der Waals surface area contributed by atoms with E-state index in [0.717, 1.165) is 25.1 Å². The number of H-pyrrole nitrogens is 1.